The molecule has 1 saturated heterocycles. The molecule has 0 aliphatic carbocycles. The molecule has 0 spiro atoms. The number of rotatable bonds is 3. The van der Waals surface area contributed by atoms with E-state index in [4.69, 9.17) is 14.2 Å². The summed E-state index contributed by atoms with van der Waals surface area (Å²) in [5.41, 5.74) is 3.26. The van der Waals surface area contributed by atoms with Gasteiger partial charge in [0, 0.05) is 60.1 Å². The van der Waals surface area contributed by atoms with E-state index >= 15 is 0 Å². The molecule has 226 valence electrons. The van der Waals surface area contributed by atoms with Crippen molar-refractivity contribution in [2.24, 2.45) is 0 Å². The number of carbonyl (C=O) groups excluding carboxylic acids is 2. The van der Waals surface area contributed by atoms with E-state index in [1.807, 2.05) is 55.5 Å². The van der Waals surface area contributed by atoms with E-state index in [9.17, 15) is 14.7 Å². The van der Waals surface area contributed by atoms with Crippen LogP contribution in [0, 0.1) is 0 Å². The Balaban J connectivity index is 1.38. The van der Waals surface area contributed by atoms with Crippen molar-refractivity contribution in [2.75, 3.05) is 14.2 Å². The van der Waals surface area contributed by atoms with E-state index in [-0.39, 0.29) is 11.8 Å². The molecule has 45 heavy (non-hydrogen) atoms. The van der Waals surface area contributed by atoms with Gasteiger partial charge in [-0.2, -0.15) is 0 Å². The highest BCUT2D eigenvalue weighted by molar-refractivity contribution is 6.31. The highest BCUT2D eigenvalue weighted by Gasteiger charge is 2.55. The molecule has 9 rings (SSSR count). The first-order chi connectivity index (χ1) is 21.8. The molecule has 3 aliphatic heterocycles. The fraction of sp³-hybridized carbons (Fsp3) is 0.273. The van der Waals surface area contributed by atoms with Crippen molar-refractivity contribution in [3.8, 4) is 5.88 Å². The molecule has 6 heterocycles. The van der Waals surface area contributed by atoms with E-state index in [0.717, 1.165) is 43.6 Å². The predicted octanol–water partition coefficient (Wildman–Crippen LogP) is 4.55. The second kappa shape index (κ2) is 9.00. The van der Waals surface area contributed by atoms with Crippen LogP contribution in [-0.2, 0) is 15.2 Å². The minimum absolute atomic E-state index is 0.0917. The van der Waals surface area contributed by atoms with Crippen LogP contribution in [0.4, 0.5) is 4.79 Å². The summed E-state index contributed by atoms with van der Waals surface area (Å²) < 4.78 is 23.3. The maximum absolute atomic E-state index is 13.6. The van der Waals surface area contributed by atoms with Gasteiger partial charge in [-0.05, 0) is 19.1 Å². The largest absolute Gasteiger partial charge is 0.416 e. The Kier molecular flexibility index (Phi) is 5.28. The lowest BCUT2D eigenvalue weighted by Gasteiger charge is -2.50. The number of likely N-dealkylation sites (N-methyl/N-ethyl adjacent to an activating group) is 1. The number of aliphatic hydroxyl groups excluding tert-OH is 1. The number of ether oxygens (including phenoxy) is 3. The second-order valence-corrected chi connectivity index (χ2v) is 12.0. The van der Waals surface area contributed by atoms with Crippen LogP contribution < -0.4 is 10.1 Å². The Morgan fingerprint density at radius 3 is 2.56 bits per heavy atom. The molecular formula is C33H28N6O6. The van der Waals surface area contributed by atoms with Gasteiger partial charge in [0.05, 0.1) is 39.9 Å². The predicted molar refractivity (Wildman–Crippen MR) is 164 cm³/mol. The quantitative estimate of drug-likeness (QED) is 0.301. The Morgan fingerprint density at radius 2 is 1.82 bits per heavy atom. The van der Waals surface area contributed by atoms with Crippen LogP contribution in [0.1, 0.15) is 41.7 Å². The third-order valence-electron chi connectivity index (χ3n) is 9.76. The minimum Gasteiger partial charge on any atom is -0.389 e. The fourth-order valence-corrected chi connectivity index (χ4v) is 8.07. The Bertz CT molecular complexity index is 2250. The molecule has 5 atom stereocenters. The number of para-hydroxylation sites is 2. The van der Waals surface area contributed by atoms with Crippen molar-refractivity contribution in [1.29, 1.82) is 0 Å². The Hall–Kier alpha value is -5.04. The van der Waals surface area contributed by atoms with Crippen molar-refractivity contribution >= 4 is 55.6 Å². The summed E-state index contributed by atoms with van der Waals surface area (Å²) >= 11 is 0. The van der Waals surface area contributed by atoms with Gasteiger partial charge in [0.1, 0.15) is 12.3 Å². The third kappa shape index (κ3) is 3.25. The van der Waals surface area contributed by atoms with Crippen molar-refractivity contribution in [1.82, 2.24) is 29.3 Å². The average Bonchev–Trinajstić information content (AvgIpc) is 3.65. The van der Waals surface area contributed by atoms with E-state index in [2.05, 4.69) is 24.4 Å². The van der Waals surface area contributed by atoms with Gasteiger partial charge in [0.25, 0.3) is 5.91 Å². The van der Waals surface area contributed by atoms with Crippen molar-refractivity contribution < 1.29 is 28.9 Å². The topological polar surface area (TPSA) is 133 Å². The molecular weight excluding hydrogens is 576 g/mol. The molecule has 2 N–H and O–H groups in total. The number of amides is 2. The maximum Gasteiger partial charge on any atom is 0.416 e. The van der Waals surface area contributed by atoms with Gasteiger partial charge in [-0.1, -0.05) is 36.4 Å². The number of hydrogen-bond donors (Lipinski definition) is 2. The Labute approximate surface area is 255 Å². The molecule has 6 aromatic rings. The van der Waals surface area contributed by atoms with Crippen LogP contribution in [0.25, 0.3) is 43.6 Å². The van der Waals surface area contributed by atoms with Crippen LogP contribution in [-0.4, -0.2) is 67.4 Å². The van der Waals surface area contributed by atoms with Crippen molar-refractivity contribution in [3.05, 3.63) is 78.2 Å². The van der Waals surface area contributed by atoms with E-state index in [1.54, 1.807) is 14.2 Å². The number of nitrogens with one attached hydrogen (secondary N) is 1. The summed E-state index contributed by atoms with van der Waals surface area (Å²) in [6, 6.07) is 15.3. The maximum atomic E-state index is 13.6. The molecule has 1 unspecified atom stereocenters. The summed E-state index contributed by atoms with van der Waals surface area (Å²) in [5, 5.41) is 17.4. The summed E-state index contributed by atoms with van der Waals surface area (Å²) in [6.07, 6.45) is 1.72. The lowest BCUT2D eigenvalue weighted by molar-refractivity contribution is -0.264. The average molecular weight is 605 g/mol. The zero-order valence-electron chi connectivity index (χ0n) is 24.6. The van der Waals surface area contributed by atoms with Crippen LogP contribution in [0.5, 0.6) is 5.88 Å². The monoisotopic (exact) mass is 604 g/mol. The standard InChI is InChI=1S/C33H28N6O6/c1-33-29(43-3)20(37(2)32(42)44-21-15-34-12-13-35-21)14-22(45-33)38-18-10-6-4-8-16(18)23-25-26(31(41)36-30(25)40)24-17-9-5-7-11-19(17)39(33)28(24)27(23)38/h4-13,15,20,22,29,31,41H,14H2,1-3H3,(H,36,40)/t20-,22-,29-,31?,33+/m1/s1. The van der Waals surface area contributed by atoms with Crippen LogP contribution in [0.2, 0.25) is 0 Å². The Morgan fingerprint density at radius 1 is 1.09 bits per heavy atom. The lowest BCUT2D eigenvalue weighted by atomic mass is 9.92. The highest BCUT2D eigenvalue weighted by atomic mass is 16.6. The summed E-state index contributed by atoms with van der Waals surface area (Å²) in [6.45, 7) is 1.97. The lowest BCUT2D eigenvalue weighted by Crippen LogP contribution is -2.61. The van der Waals surface area contributed by atoms with E-state index < -0.39 is 36.4 Å². The van der Waals surface area contributed by atoms with E-state index in [1.165, 1.54) is 23.5 Å². The number of hydrogen-bond acceptors (Lipinski definition) is 8. The first kappa shape index (κ1) is 26.4. The first-order valence-electron chi connectivity index (χ1n) is 14.8. The van der Waals surface area contributed by atoms with Crippen LogP contribution in [0.3, 0.4) is 0 Å². The minimum atomic E-state index is -1.18. The molecule has 2 amide bonds. The van der Waals surface area contributed by atoms with Gasteiger partial charge in [-0.25, -0.2) is 9.78 Å². The van der Waals surface area contributed by atoms with Crippen LogP contribution >= 0.6 is 0 Å². The van der Waals surface area contributed by atoms with Gasteiger partial charge in [-0.3, -0.25) is 9.78 Å². The number of nitrogens with zero attached hydrogens (tertiary/aromatic N) is 5. The molecule has 3 aliphatic rings. The number of aliphatic hydroxyl groups is 1. The molecule has 12 nitrogen and oxygen atoms in total. The zero-order chi connectivity index (χ0) is 30.8. The third-order valence-corrected chi connectivity index (χ3v) is 9.76. The molecule has 2 bridgehead atoms. The zero-order valence-corrected chi connectivity index (χ0v) is 24.6. The van der Waals surface area contributed by atoms with Gasteiger partial charge < -0.3 is 38.7 Å². The summed E-state index contributed by atoms with van der Waals surface area (Å²) in [4.78, 5) is 36.8. The van der Waals surface area contributed by atoms with Gasteiger partial charge in [0.15, 0.2) is 12.0 Å². The first-order valence-corrected chi connectivity index (χ1v) is 14.8. The number of benzene rings is 3. The van der Waals surface area contributed by atoms with Gasteiger partial charge in [-0.15, -0.1) is 0 Å². The number of methoxy groups -OCH3 is 1. The second-order valence-electron chi connectivity index (χ2n) is 12.0. The van der Waals surface area contributed by atoms with Crippen LogP contribution in [0.15, 0.2) is 67.1 Å². The highest BCUT2D eigenvalue weighted by Crippen LogP contribution is 2.55. The SMILES string of the molecule is CO[C@@H]1[C@H](N(C)C(=O)Oc2cnccn2)C[C@H]2O[C@]1(C)n1c3ccccc3c3c4c(c5c6ccccc6n2c5c31)C(=O)NC4O. The number of carbonyl (C=O) groups is 2. The molecule has 0 saturated carbocycles. The molecule has 12 heteroatoms. The van der Waals surface area contributed by atoms with Crippen molar-refractivity contribution in [2.45, 2.75) is 43.7 Å². The molecule has 3 aromatic heterocycles. The van der Waals surface area contributed by atoms with E-state index in [0.29, 0.717) is 17.5 Å². The van der Waals surface area contributed by atoms with Crippen molar-refractivity contribution in [3.63, 3.8) is 0 Å². The summed E-state index contributed by atoms with van der Waals surface area (Å²) in [7, 11) is 3.30. The fourth-order valence-electron chi connectivity index (χ4n) is 8.07. The van der Waals surface area contributed by atoms with Gasteiger partial charge >= 0.3 is 6.09 Å². The molecule has 3 aromatic carbocycles. The number of fused-ring (bicyclic) bond motifs is 13. The van der Waals surface area contributed by atoms with Gasteiger partial charge in [0.2, 0.25) is 5.88 Å². The molecule has 1 fully saturated rings. The normalized spacial score (nSPS) is 25.2. The smallest absolute Gasteiger partial charge is 0.389 e. The summed E-state index contributed by atoms with van der Waals surface area (Å²) in [5.74, 6) is -0.230. The molecule has 0 radical (unpaired) electrons. The number of aromatic nitrogens is 4.